The van der Waals surface area contributed by atoms with Gasteiger partial charge in [-0.3, -0.25) is 0 Å². The molecule has 1 aromatic carbocycles. The van der Waals surface area contributed by atoms with E-state index in [1.807, 2.05) is 0 Å². The van der Waals surface area contributed by atoms with Crippen LogP contribution in [0.1, 0.15) is 57.4 Å². The van der Waals surface area contributed by atoms with Crippen LogP contribution in [0.4, 0.5) is 0 Å². The Morgan fingerprint density at radius 3 is 2.16 bits per heavy atom. The summed E-state index contributed by atoms with van der Waals surface area (Å²) in [5.41, 5.74) is 16.4. The lowest BCUT2D eigenvalue weighted by Gasteiger charge is -2.29. The van der Waals surface area contributed by atoms with Gasteiger partial charge in [-0.05, 0) is 47.4 Å². The van der Waals surface area contributed by atoms with E-state index >= 15 is 0 Å². The highest BCUT2D eigenvalue weighted by Gasteiger charge is 2.24. The van der Waals surface area contributed by atoms with E-state index in [0.717, 1.165) is 0 Å². The summed E-state index contributed by atoms with van der Waals surface area (Å²) < 4.78 is 0. The number of nitrogens with two attached hydrogens (primary N) is 2. The molecule has 1 rings (SSSR count). The number of hydrogen-bond donors (Lipinski definition) is 2. The molecule has 1 aromatic rings. The Morgan fingerprint density at radius 2 is 1.74 bits per heavy atom. The van der Waals surface area contributed by atoms with Crippen LogP contribution in [0.15, 0.2) is 18.2 Å². The summed E-state index contributed by atoms with van der Waals surface area (Å²) >= 11 is 0. The van der Waals surface area contributed by atoms with Crippen LogP contribution in [0, 0.1) is 18.8 Å². The van der Waals surface area contributed by atoms with Gasteiger partial charge in [0.1, 0.15) is 0 Å². The zero-order chi connectivity index (χ0) is 14.8. The molecule has 0 fully saturated rings. The van der Waals surface area contributed by atoms with E-state index in [4.69, 9.17) is 11.5 Å². The third-order valence-corrected chi connectivity index (χ3v) is 4.09. The molecule has 0 saturated carbocycles. The lowest BCUT2D eigenvalue weighted by Crippen LogP contribution is -2.32. The van der Waals surface area contributed by atoms with Crippen molar-refractivity contribution in [3.63, 3.8) is 0 Å². The molecule has 0 spiro atoms. The second kappa shape index (κ2) is 6.06. The number of hydrogen-bond acceptors (Lipinski definition) is 2. The van der Waals surface area contributed by atoms with Gasteiger partial charge >= 0.3 is 0 Å². The van der Waals surface area contributed by atoms with Crippen LogP contribution in [-0.4, -0.2) is 6.54 Å². The van der Waals surface area contributed by atoms with Crippen molar-refractivity contribution in [3.8, 4) is 0 Å². The lowest BCUT2D eigenvalue weighted by molar-refractivity contribution is 0.330. The van der Waals surface area contributed by atoms with Crippen molar-refractivity contribution >= 4 is 0 Å². The highest BCUT2D eigenvalue weighted by molar-refractivity contribution is 5.36. The highest BCUT2D eigenvalue weighted by atomic mass is 14.7. The molecular formula is C17H30N2. The quantitative estimate of drug-likeness (QED) is 0.872. The molecule has 0 aliphatic rings. The van der Waals surface area contributed by atoms with E-state index in [1.165, 1.54) is 16.7 Å². The standard InChI is InChI=1S/C17H30N2/c1-11(2)15(10-18)16(19)14-9-13(17(4,5)6)8-7-12(14)3/h7-9,11,15-16H,10,18-19H2,1-6H3. The Labute approximate surface area is 118 Å². The molecule has 2 heteroatoms. The predicted molar refractivity (Wildman–Crippen MR) is 84.2 cm³/mol. The van der Waals surface area contributed by atoms with Gasteiger partial charge in [0, 0.05) is 6.04 Å². The van der Waals surface area contributed by atoms with Gasteiger partial charge in [0.15, 0.2) is 0 Å². The molecule has 0 aliphatic carbocycles. The van der Waals surface area contributed by atoms with Crippen molar-refractivity contribution in [2.75, 3.05) is 6.54 Å². The highest BCUT2D eigenvalue weighted by Crippen LogP contribution is 2.31. The minimum absolute atomic E-state index is 0.0206. The van der Waals surface area contributed by atoms with Gasteiger partial charge in [-0.25, -0.2) is 0 Å². The lowest BCUT2D eigenvalue weighted by atomic mass is 9.80. The monoisotopic (exact) mass is 262 g/mol. The average Bonchev–Trinajstić information content (AvgIpc) is 2.28. The van der Waals surface area contributed by atoms with E-state index in [9.17, 15) is 0 Å². The zero-order valence-electron chi connectivity index (χ0n) is 13.3. The molecular weight excluding hydrogens is 232 g/mol. The van der Waals surface area contributed by atoms with Crippen LogP contribution in [0.3, 0.4) is 0 Å². The summed E-state index contributed by atoms with van der Waals surface area (Å²) in [4.78, 5) is 0. The van der Waals surface area contributed by atoms with Crippen molar-refractivity contribution in [2.45, 2.75) is 53.0 Å². The molecule has 19 heavy (non-hydrogen) atoms. The van der Waals surface area contributed by atoms with Gasteiger partial charge in [-0.1, -0.05) is 52.8 Å². The SMILES string of the molecule is Cc1ccc(C(C)(C)C)cc1C(N)C(CN)C(C)C. The maximum atomic E-state index is 6.48. The first-order chi connectivity index (χ1) is 8.68. The van der Waals surface area contributed by atoms with Crippen molar-refractivity contribution in [1.29, 1.82) is 0 Å². The molecule has 0 amide bonds. The van der Waals surface area contributed by atoms with E-state index < -0.39 is 0 Å². The van der Waals surface area contributed by atoms with Gasteiger partial charge in [-0.2, -0.15) is 0 Å². The topological polar surface area (TPSA) is 52.0 Å². The molecule has 2 atom stereocenters. The first-order valence-electron chi connectivity index (χ1n) is 7.25. The molecule has 0 radical (unpaired) electrons. The minimum Gasteiger partial charge on any atom is -0.330 e. The maximum Gasteiger partial charge on any atom is 0.0340 e. The molecule has 0 heterocycles. The number of benzene rings is 1. The molecule has 0 bridgehead atoms. The molecule has 0 aromatic heterocycles. The third-order valence-electron chi connectivity index (χ3n) is 4.09. The van der Waals surface area contributed by atoms with Crippen LogP contribution in [-0.2, 0) is 5.41 Å². The van der Waals surface area contributed by atoms with Crippen molar-refractivity contribution in [3.05, 3.63) is 34.9 Å². The number of rotatable bonds is 4. The Hall–Kier alpha value is -0.860. The Balaban J connectivity index is 3.18. The summed E-state index contributed by atoms with van der Waals surface area (Å²) in [6, 6.07) is 6.68. The van der Waals surface area contributed by atoms with Gasteiger partial charge in [0.25, 0.3) is 0 Å². The zero-order valence-corrected chi connectivity index (χ0v) is 13.3. The van der Waals surface area contributed by atoms with Gasteiger partial charge < -0.3 is 11.5 Å². The van der Waals surface area contributed by atoms with Gasteiger partial charge in [-0.15, -0.1) is 0 Å². The molecule has 2 nitrogen and oxygen atoms in total. The maximum absolute atomic E-state index is 6.48. The van der Waals surface area contributed by atoms with Crippen molar-refractivity contribution < 1.29 is 0 Å². The third kappa shape index (κ3) is 3.80. The molecule has 108 valence electrons. The fourth-order valence-electron chi connectivity index (χ4n) is 2.53. The first-order valence-corrected chi connectivity index (χ1v) is 7.25. The first kappa shape index (κ1) is 16.2. The Bertz CT molecular complexity index is 416. The molecule has 2 unspecified atom stereocenters. The largest absolute Gasteiger partial charge is 0.330 e. The van der Waals surface area contributed by atoms with E-state index in [0.29, 0.717) is 18.4 Å². The summed E-state index contributed by atoms with van der Waals surface area (Å²) in [6.45, 7) is 13.9. The predicted octanol–water partition coefficient (Wildman–Crippen LogP) is 3.52. The van der Waals surface area contributed by atoms with E-state index in [2.05, 4.69) is 59.7 Å². The smallest absolute Gasteiger partial charge is 0.0340 e. The van der Waals surface area contributed by atoms with E-state index in [-0.39, 0.29) is 11.5 Å². The average molecular weight is 262 g/mol. The van der Waals surface area contributed by atoms with Gasteiger partial charge in [0.05, 0.1) is 0 Å². The molecule has 0 aliphatic heterocycles. The Morgan fingerprint density at radius 1 is 1.16 bits per heavy atom. The second-order valence-corrected chi connectivity index (χ2v) is 6.99. The summed E-state index contributed by atoms with van der Waals surface area (Å²) in [5.74, 6) is 0.826. The molecule has 0 saturated heterocycles. The van der Waals surface area contributed by atoms with Crippen LogP contribution in [0.5, 0.6) is 0 Å². The van der Waals surface area contributed by atoms with Crippen LogP contribution < -0.4 is 11.5 Å². The molecule has 4 N–H and O–H groups in total. The fraction of sp³-hybridized carbons (Fsp3) is 0.647. The van der Waals surface area contributed by atoms with E-state index in [1.54, 1.807) is 0 Å². The van der Waals surface area contributed by atoms with Crippen molar-refractivity contribution in [2.24, 2.45) is 23.3 Å². The summed E-state index contributed by atoms with van der Waals surface area (Å²) in [6.07, 6.45) is 0. The minimum atomic E-state index is 0.0206. The number of aryl methyl sites for hydroxylation is 1. The summed E-state index contributed by atoms with van der Waals surface area (Å²) in [7, 11) is 0. The van der Waals surface area contributed by atoms with Crippen molar-refractivity contribution in [1.82, 2.24) is 0 Å². The fourth-order valence-corrected chi connectivity index (χ4v) is 2.53. The van der Waals surface area contributed by atoms with Crippen LogP contribution >= 0.6 is 0 Å². The van der Waals surface area contributed by atoms with Crippen LogP contribution in [0.2, 0.25) is 0 Å². The van der Waals surface area contributed by atoms with Gasteiger partial charge in [0.2, 0.25) is 0 Å². The summed E-state index contributed by atoms with van der Waals surface area (Å²) in [5, 5.41) is 0. The van der Waals surface area contributed by atoms with Crippen LogP contribution in [0.25, 0.3) is 0 Å². The normalized spacial score (nSPS) is 15.6. The second-order valence-electron chi connectivity index (χ2n) is 6.99. The Kier molecular flexibility index (Phi) is 5.17.